The molecule has 3 rings (SSSR count). The number of halogens is 3. The first-order valence-electron chi connectivity index (χ1n) is 6.54. The fourth-order valence-electron chi connectivity index (χ4n) is 2.87. The van der Waals surface area contributed by atoms with E-state index < -0.39 is 17.5 Å². The number of nitrogens with zero attached hydrogens (tertiary/aromatic N) is 2. The fraction of sp³-hybridized carbons (Fsp3) is 0.750. The molecule has 5 nitrogen and oxygen atoms in total. The Labute approximate surface area is 113 Å². The molecule has 20 heavy (non-hydrogen) atoms. The highest BCUT2D eigenvalue weighted by Crippen LogP contribution is 2.40. The molecule has 1 aliphatic heterocycles. The van der Waals surface area contributed by atoms with Gasteiger partial charge in [-0.1, -0.05) is 0 Å². The van der Waals surface area contributed by atoms with Crippen LogP contribution in [0.5, 0.6) is 0 Å². The quantitative estimate of drug-likeness (QED) is 0.855. The molecule has 2 N–H and O–H groups in total. The van der Waals surface area contributed by atoms with Crippen molar-refractivity contribution in [2.45, 2.75) is 43.3 Å². The topological polar surface area (TPSA) is 62.3 Å². The molecule has 1 aromatic rings. The highest BCUT2D eigenvalue weighted by atomic mass is 19.4. The smallest absolute Gasteiger partial charge is 0.347 e. The average molecular weight is 291 g/mol. The predicted molar refractivity (Wildman–Crippen MR) is 62.7 cm³/mol. The van der Waals surface area contributed by atoms with Gasteiger partial charge in [0, 0.05) is 25.1 Å². The SMILES string of the molecule is NC1CCC2(CC1n1cc(C(F)(F)F)cn1)OCCO2. The van der Waals surface area contributed by atoms with Crippen LogP contribution in [0.15, 0.2) is 12.4 Å². The highest BCUT2D eigenvalue weighted by Gasteiger charge is 2.45. The third kappa shape index (κ3) is 2.43. The zero-order valence-electron chi connectivity index (χ0n) is 10.8. The second-order valence-corrected chi connectivity index (χ2v) is 5.29. The standard InChI is InChI=1S/C12H16F3N3O2/c13-12(14,15)8-6-17-18(7-8)10-5-11(2-1-9(10)16)19-3-4-20-11/h6-7,9-10H,1-5,16H2. The third-order valence-corrected chi connectivity index (χ3v) is 3.96. The second-order valence-electron chi connectivity index (χ2n) is 5.29. The summed E-state index contributed by atoms with van der Waals surface area (Å²) in [5.74, 6) is -0.703. The summed E-state index contributed by atoms with van der Waals surface area (Å²) >= 11 is 0. The lowest BCUT2D eigenvalue weighted by Gasteiger charge is -2.39. The van der Waals surface area contributed by atoms with Gasteiger partial charge in [-0.3, -0.25) is 4.68 Å². The monoisotopic (exact) mass is 291 g/mol. The van der Waals surface area contributed by atoms with E-state index in [9.17, 15) is 13.2 Å². The number of nitrogens with two attached hydrogens (primary N) is 1. The first-order valence-corrected chi connectivity index (χ1v) is 6.54. The third-order valence-electron chi connectivity index (χ3n) is 3.96. The number of ether oxygens (including phenoxy) is 2. The van der Waals surface area contributed by atoms with Crippen LogP contribution in [0.25, 0.3) is 0 Å². The largest absolute Gasteiger partial charge is 0.419 e. The van der Waals surface area contributed by atoms with Gasteiger partial charge in [0.25, 0.3) is 0 Å². The zero-order valence-corrected chi connectivity index (χ0v) is 10.8. The molecule has 1 saturated carbocycles. The zero-order chi connectivity index (χ0) is 14.4. The van der Waals surface area contributed by atoms with Crippen molar-refractivity contribution in [3.63, 3.8) is 0 Å². The summed E-state index contributed by atoms with van der Waals surface area (Å²) in [5.41, 5.74) is 5.26. The summed E-state index contributed by atoms with van der Waals surface area (Å²) in [6.07, 6.45) is -0.852. The maximum absolute atomic E-state index is 12.6. The van der Waals surface area contributed by atoms with E-state index in [2.05, 4.69) is 5.10 Å². The Morgan fingerprint density at radius 1 is 1.35 bits per heavy atom. The van der Waals surface area contributed by atoms with Crippen LogP contribution in [0.4, 0.5) is 13.2 Å². The van der Waals surface area contributed by atoms with Gasteiger partial charge in [-0.05, 0) is 6.42 Å². The van der Waals surface area contributed by atoms with Crippen molar-refractivity contribution in [3.8, 4) is 0 Å². The molecular formula is C12H16F3N3O2. The Bertz CT molecular complexity index is 483. The van der Waals surface area contributed by atoms with Crippen LogP contribution in [0.1, 0.15) is 30.9 Å². The number of aromatic nitrogens is 2. The van der Waals surface area contributed by atoms with E-state index in [0.717, 1.165) is 12.4 Å². The molecule has 112 valence electrons. The molecule has 1 aliphatic carbocycles. The Hall–Kier alpha value is -1.12. The van der Waals surface area contributed by atoms with Crippen LogP contribution in [0.2, 0.25) is 0 Å². The van der Waals surface area contributed by atoms with E-state index >= 15 is 0 Å². The lowest BCUT2D eigenvalue weighted by Crippen LogP contribution is -2.46. The van der Waals surface area contributed by atoms with Crippen LogP contribution >= 0.6 is 0 Å². The molecule has 0 amide bonds. The minimum atomic E-state index is -4.39. The maximum Gasteiger partial charge on any atom is 0.419 e. The van der Waals surface area contributed by atoms with Gasteiger partial charge in [0.05, 0.1) is 31.0 Å². The Balaban J connectivity index is 1.82. The summed E-state index contributed by atoms with van der Waals surface area (Å²) in [4.78, 5) is 0. The van der Waals surface area contributed by atoms with E-state index in [1.165, 1.54) is 4.68 Å². The van der Waals surface area contributed by atoms with Gasteiger partial charge in [-0.25, -0.2) is 0 Å². The molecule has 0 radical (unpaired) electrons. The van der Waals surface area contributed by atoms with Crippen LogP contribution in [0, 0.1) is 0 Å². The Kier molecular flexibility index (Phi) is 3.26. The van der Waals surface area contributed by atoms with Gasteiger partial charge in [0.2, 0.25) is 0 Å². The molecular weight excluding hydrogens is 275 g/mol. The summed E-state index contributed by atoms with van der Waals surface area (Å²) in [5, 5.41) is 3.82. The predicted octanol–water partition coefficient (Wildman–Crippen LogP) is 1.70. The van der Waals surface area contributed by atoms with Crippen molar-refractivity contribution in [2.75, 3.05) is 13.2 Å². The van der Waals surface area contributed by atoms with Gasteiger partial charge in [-0.15, -0.1) is 0 Å². The van der Waals surface area contributed by atoms with E-state index in [1.54, 1.807) is 0 Å². The summed E-state index contributed by atoms with van der Waals surface area (Å²) < 4.78 is 50.4. The number of rotatable bonds is 1. The lowest BCUT2D eigenvalue weighted by molar-refractivity contribution is -0.188. The number of alkyl halides is 3. The van der Waals surface area contributed by atoms with Gasteiger partial charge in [0.15, 0.2) is 5.79 Å². The molecule has 2 atom stereocenters. The first kappa shape index (κ1) is 13.8. The molecule has 2 heterocycles. The van der Waals surface area contributed by atoms with Crippen LogP contribution < -0.4 is 5.73 Å². The Morgan fingerprint density at radius 2 is 2.05 bits per heavy atom. The molecule has 8 heteroatoms. The molecule has 1 spiro atoms. The molecule has 2 unspecified atom stereocenters. The minimum Gasteiger partial charge on any atom is -0.347 e. The lowest BCUT2D eigenvalue weighted by atomic mass is 9.86. The molecule has 1 aromatic heterocycles. The first-order chi connectivity index (χ1) is 9.40. The average Bonchev–Trinajstić information content (AvgIpc) is 3.02. The van der Waals surface area contributed by atoms with Crippen molar-refractivity contribution in [1.82, 2.24) is 9.78 Å². The van der Waals surface area contributed by atoms with Crippen LogP contribution in [-0.2, 0) is 15.7 Å². The van der Waals surface area contributed by atoms with Gasteiger partial charge < -0.3 is 15.2 Å². The van der Waals surface area contributed by atoms with Crippen LogP contribution in [0.3, 0.4) is 0 Å². The van der Waals surface area contributed by atoms with E-state index in [-0.39, 0.29) is 12.1 Å². The molecule has 0 bridgehead atoms. The van der Waals surface area contributed by atoms with Crippen molar-refractivity contribution >= 4 is 0 Å². The van der Waals surface area contributed by atoms with Crippen molar-refractivity contribution < 1.29 is 22.6 Å². The van der Waals surface area contributed by atoms with E-state index in [4.69, 9.17) is 15.2 Å². The maximum atomic E-state index is 12.6. The highest BCUT2D eigenvalue weighted by molar-refractivity contribution is 5.10. The van der Waals surface area contributed by atoms with Crippen LogP contribution in [-0.4, -0.2) is 34.8 Å². The van der Waals surface area contributed by atoms with E-state index in [1.807, 2.05) is 0 Å². The molecule has 2 fully saturated rings. The van der Waals surface area contributed by atoms with Crippen molar-refractivity contribution in [3.05, 3.63) is 18.0 Å². The van der Waals surface area contributed by atoms with Crippen molar-refractivity contribution in [1.29, 1.82) is 0 Å². The summed E-state index contributed by atoms with van der Waals surface area (Å²) in [6.45, 7) is 1.02. The number of hydrogen-bond acceptors (Lipinski definition) is 4. The second kappa shape index (κ2) is 4.71. The fourth-order valence-corrected chi connectivity index (χ4v) is 2.87. The summed E-state index contributed by atoms with van der Waals surface area (Å²) in [6, 6.07) is -0.604. The van der Waals surface area contributed by atoms with Gasteiger partial charge in [-0.2, -0.15) is 18.3 Å². The normalized spacial score (nSPS) is 30.0. The number of hydrogen-bond donors (Lipinski definition) is 1. The molecule has 1 saturated heterocycles. The van der Waals surface area contributed by atoms with Gasteiger partial charge >= 0.3 is 6.18 Å². The minimum absolute atomic E-state index is 0.255. The summed E-state index contributed by atoms with van der Waals surface area (Å²) in [7, 11) is 0. The van der Waals surface area contributed by atoms with Crippen molar-refractivity contribution in [2.24, 2.45) is 5.73 Å². The van der Waals surface area contributed by atoms with E-state index in [0.29, 0.717) is 32.5 Å². The molecule has 0 aromatic carbocycles. The Morgan fingerprint density at radius 3 is 2.65 bits per heavy atom. The van der Waals surface area contributed by atoms with Gasteiger partial charge in [0.1, 0.15) is 0 Å². The molecule has 2 aliphatic rings.